The van der Waals surface area contributed by atoms with Gasteiger partial charge in [-0.25, -0.2) is 4.79 Å². The van der Waals surface area contributed by atoms with Gasteiger partial charge in [0.15, 0.2) is 5.09 Å². The van der Waals surface area contributed by atoms with Gasteiger partial charge in [-0.15, -0.1) is 0 Å². The highest BCUT2D eigenvalue weighted by Crippen LogP contribution is 2.22. The second-order valence-corrected chi connectivity index (χ2v) is 5.11. The molecular formula is C13H12O5S. The van der Waals surface area contributed by atoms with Gasteiger partial charge in [-0.05, 0) is 18.2 Å². The average molecular weight is 280 g/mol. The Kier molecular flexibility index (Phi) is 4.01. The van der Waals surface area contributed by atoms with Crippen molar-refractivity contribution in [2.45, 2.75) is 10.8 Å². The standard InChI is InChI=1S/C13H12O5S/c1-17-10-5-3-2-4-9(10)8-19(16)12-7-6-11(18-12)13(14)15/h2-7H,8H2,1H3,(H,14,15). The first-order chi connectivity index (χ1) is 9.11. The summed E-state index contributed by atoms with van der Waals surface area (Å²) in [7, 11) is 0.0869. The van der Waals surface area contributed by atoms with Crippen molar-refractivity contribution >= 4 is 16.8 Å². The van der Waals surface area contributed by atoms with Crippen LogP contribution in [0.2, 0.25) is 0 Å². The van der Waals surface area contributed by atoms with Crippen LogP contribution in [0.15, 0.2) is 45.9 Å². The minimum atomic E-state index is -1.45. The molecule has 1 aromatic heterocycles. The van der Waals surface area contributed by atoms with Crippen molar-refractivity contribution in [2.24, 2.45) is 0 Å². The lowest BCUT2D eigenvalue weighted by Crippen LogP contribution is -1.98. The molecule has 1 atom stereocenters. The SMILES string of the molecule is COc1ccccc1CS(=O)c1ccc(C(=O)O)o1. The van der Waals surface area contributed by atoms with Crippen molar-refractivity contribution < 1.29 is 23.3 Å². The minimum absolute atomic E-state index is 0.142. The van der Waals surface area contributed by atoms with E-state index in [0.717, 1.165) is 5.56 Å². The Morgan fingerprint density at radius 2 is 2.05 bits per heavy atom. The van der Waals surface area contributed by atoms with Crippen LogP contribution in [0.25, 0.3) is 0 Å². The number of carboxylic acid groups (broad SMARTS) is 1. The first-order valence-electron chi connectivity index (χ1n) is 5.45. The summed E-state index contributed by atoms with van der Waals surface area (Å²) in [5, 5.41) is 8.88. The summed E-state index contributed by atoms with van der Waals surface area (Å²) in [5.41, 5.74) is 0.775. The second kappa shape index (κ2) is 5.71. The van der Waals surface area contributed by atoms with Gasteiger partial charge in [0.1, 0.15) is 5.75 Å². The molecule has 0 aliphatic carbocycles. The molecule has 2 aromatic rings. The molecule has 0 bridgehead atoms. The van der Waals surface area contributed by atoms with E-state index in [1.165, 1.54) is 19.2 Å². The monoisotopic (exact) mass is 280 g/mol. The number of methoxy groups -OCH3 is 1. The van der Waals surface area contributed by atoms with E-state index in [1.807, 2.05) is 12.1 Å². The maximum absolute atomic E-state index is 12.1. The number of aromatic carboxylic acids is 1. The van der Waals surface area contributed by atoms with Crippen LogP contribution in [0.1, 0.15) is 16.1 Å². The zero-order valence-corrected chi connectivity index (χ0v) is 11.0. The first kappa shape index (κ1) is 13.4. The third kappa shape index (κ3) is 3.03. The fourth-order valence-corrected chi connectivity index (χ4v) is 2.66. The molecule has 100 valence electrons. The predicted octanol–water partition coefficient (Wildman–Crippen LogP) is 2.29. The van der Waals surface area contributed by atoms with E-state index in [2.05, 4.69) is 0 Å². The zero-order valence-electron chi connectivity index (χ0n) is 10.2. The summed E-state index contributed by atoms with van der Waals surface area (Å²) >= 11 is 0. The predicted molar refractivity (Wildman–Crippen MR) is 68.8 cm³/mol. The largest absolute Gasteiger partial charge is 0.496 e. The molecule has 6 heteroatoms. The second-order valence-electron chi connectivity index (χ2n) is 3.73. The van der Waals surface area contributed by atoms with E-state index < -0.39 is 16.8 Å². The summed E-state index contributed by atoms with van der Waals surface area (Å²) in [6, 6.07) is 9.92. The molecule has 1 aromatic carbocycles. The van der Waals surface area contributed by atoms with Gasteiger partial charge in [-0.3, -0.25) is 4.21 Å². The highest BCUT2D eigenvalue weighted by atomic mass is 32.2. The summed E-state index contributed by atoms with van der Waals surface area (Å²) in [5.74, 6) is -0.555. The molecule has 0 amide bonds. The number of para-hydroxylation sites is 1. The minimum Gasteiger partial charge on any atom is -0.496 e. The quantitative estimate of drug-likeness (QED) is 0.909. The number of carbonyl (C=O) groups is 1. The first-order valence-corrected chi connectivity index (χ1v) is 6.77. The van der Waals surface area contributed by atoms with E-state index in [4.69, 9.17) is 14.3 Å². The summed E-state index contributed by atoms with van der Waals surface area (Å²) in [4.78, 5) is 10.7. The third-order valence-electron chi connectivity index (χ3n) is 2.50. The van der Waals surface area contributed by atoms with Gasteiger partial charge in [-0.1, -0.05) is 18.2 Å². The van der Waals surface area contributed by atoms with Crippen molar-refractivity contribution in [2.75, 3.05) is 7.11 Å². The Morgan fingerprint density at radius 1 is 1.32 bits per heavy atom. The van der Waals surface area contributed by atoms with Gasteiger partial charge in [0.2, 0.25) is 5.76 Å². The van der Waals surface area contributed by atoms with Crippen LogP contribution in [-0.2, 0) is 16.6 Å². The molecule has 0 fully saturated rings. The number of rotatable bonds is 5. The molecule has 1 heterocycles. The van der Waals surface area contributed by atoms with Crippen molar-refractivity contribution in [1.29, 1.82) is 0 Å². The van der Waals surface area contributed by atoms with Gasteiger partial charge in [0.05, 0.1) is 23.7 Å². The Bertz CT molecular complexity index is 617. The number of benzene rings is 1. The molecule has 0 aliphatic rings. The molecule has 0 aliphatic heterocycles. The number of hydrogen-bond acceptors (Lipinski definition) is 4. The normalized spacial score (nSPS) is 12.1. The van der Waals surface area contributed by atoms with Crippen molar-refractivity contribution in [3.05, 3.63) is 47.7 Å². The number of carboxylic acids is 1. The Morgan fingerprint density at radius 3 is 2.68 bits per heavy atom. The van der Waals surface area contributed by atoms with Gasteiger partial charge < -0.3 is 14.3 Å². The van der Waals surface area contributed by atoms with Crippen LogP contribution >= 0.6 is 0 Å². The number of furan rings is 1. The van der Waals surface area contributed by atoms with Gasteiger partial charge in [0.25, 0.3) is 0 Å². The van der Waals surface area contributed by atoms with E-state index in [1.54, 1.807) is 12.1 Å². The van der Waals surface area contributed by atoms with E-state index in [9.17, 15) is 9.00 Å². The summed E-state index contributed by atoms with van der Waals surface area (Å²) < 4.78 is 22.3. The molecular weight excluding hydrogens is 268 g/mol. The zero-order chi connectivity index (χ0) is 13.8. The van der Waals surface area contributed by atoms with Crippen LogP contribution in [0.5, 0.6) is 5.75 Å². The molecule has 1 N–H and O–H groups in total. The smallest absolute Gasteiger partial charge is 0.371 e. The van der Waals surface area contributed by atoms with Crippen LogP contribution in [-0.4, -0.2) is 22.4 Å². The molecule has 1 unspecified atom stereocenters. The van der Waals surface area contributed by atoms with E-state index >= 15 is 0 Å². The van der Waals surface area contributed by atoms with Gasteiger partial charge in [0, 0.05) is 5.56 Å². The molecule has 0 spiro atoms. The molecule has 19 heavy (non-hydrogen) atoms. The Hall–Kier alpha value is -2.08. The molecule has 5 nitrogen and oxygen atoms in total. The average Bonchev–Trinajstić information content (AvgIpc) is 2.89. The number of ether oxygens (including phenoxy) is 1. The maximum Gasteiger partial charge on any atom is 0.371 e. The Labute approximate surface area is 112 Å². The highest BCUT2D eigenvalue weighted by molar-refractivity contribution is 7.84. The van der Waals surface area contributed by atoms with Crippen LogP contribution < -0.4 is 4.74 Å². The molecule has 2 rings (SSSR count). The maximum atomic E-state index is 12.1. The molecule has 0 saturated heterocycles. The van der Waals surface area contributed by atoms with Crippen molar-refractivity contribution in [3.63, 3.8) is 0 Å². The van der Waals surface area contributed by atoms with Gasteiger partial charge in [-0.2, -0.15) is 0 Å². The number of hydrogen-bond donors (Lipinski definition) is 1. The fourth-order valence-electron chi connectivity index (χ4n) is 1.59. The molecule has 0 radical (unpaired) electrons. The third-order valence-corrected chi connectivity index (χ3v) is 3.74. The van der Waals surface area contributed by atoms with Gasteiger partial charge >= 0.3 is 5.97 Å². The summed E-state index contributed by atoms with van der Waals surface area (Å²) in [6.07, 6.45) is 0. The molecule has 0 saturated carbocycles. The summed E-state index contributed by atoms with van der Waals surface area (Å²) in [6.45, 7) is 0. The Balaban J connectivity index is 2.18. The van der Waals surface area contributed by atoms with Crippen LogP contribution in [0, 0.1) is 0 Å². The van der Waals surface area contributed by atoms with Crippen molar-refractivity contribution in [3.8, 4) is 5.75 Å². The van der Waals surface area contributed by atoms with E-state index in [0.29, 0.717) is 5.75 Å². The lowest BCUT2D eigenvalue weighted by atomic mass is 10.2. The lowest BCUT2D eigenvalue weighted by molar-refractivity contribution is 0.0656. The fraction of sp³-hybridized carbons (Fsp3) is 0.154. The lowest BCUT2D eigenvalue weighted by Gasteiger charge is -2.06. The van der Waals surface area contributed by atoms with E-state index in [-0.39, 0.29) is 16.6 Å². The topological polar surface area (TPSA) is 76.7 Å². The van der Waals surface area contributed by atoms with Crippen molar-refractivity contribution in [1.82, 2.24) is 0 Å². The van der Waals surface area contributed by atoms with Crippen LogP contribution in [0.3, 0.4) is 0 Å². The van der Waals surface area contributed by atoms with Crippen LogP contribution in [0.4, 0.5) is 0 Å². The highest BCUT2D eigenvalue weighted by Gasteiger charge is 2.15.